The molecule has 0 aliphatic heterocycles. The van der Waals surface area contributed by atoms with Crippen LogP contribution in [0.4, 0.5) is 4.39 Å². The molecule has 0 N–H and O–H groups in total. The van der Waals surface area contributed by atoms with Crippen LogP contribution < -0.4 is 4.74 Å². The number of carbonyl (C=O) groups is 1. The number of aryl methyl sites for hydroxylation is 1. The van der Waals surface area contributed by atoms with Gasteiger partial charge in [0, 0.05) is 23.7 Å². The highest BCUT2D eigenvalue weighted by molar-refractivity contribution is 6.31. The standard InChI is InChI=1S/C23H27ClFN3O2/c1-5-10-28-20-12-17(24)7-8-19(20)26-22(28)14-27(13-15(2)3)23(29)16-6-9-21(30-4)18(25)11-16/h6-9,11-12,15H,5,10,13-14H2,1-4H3. The third-order valence-corrected chi connectivity index (χ3v) is 5.08. The number of fused-ring (bicyclic) bond motifs is 1. The molecule has 3 rings (SSSR count). The molecule has 1 aromatic heterocycles. The van der Waals surface area contributed by atoms with Crippen LogP contribution in [0.2, 0.25) is 5.02 Å². The number of hydrogen-bond acceptors (Lipinski definition) is 3. The van der Waals surface area contributed by atoms with Crippen molar-refractivity contribution in [2.45, 2.75) is 40.3 Å². The van der Waals surface area contributed by atoms with E-state index in [0.29, 0.717) is 18.1 Å². The van der Waals surface area contributed by atoms with E-state index in [-0.39, 0.29) is 23.1 Å². The first-order chi connectivity index (χ1) is 14.3. The van der Waals surface area contributed by atoms with Crippen LogP contribution in [0.5, 0.6) is 5.75 Å². The Morgan fingerprint density at radius 3 is 2.67 bits per heavy atom. The lowest BCUT2D eigenvalue weighted by atomic mass is 10.1. The summed E-state index contributed by atoms with van der Waals surface area (Å²) in [6, 6.07) is 9.89. The molecule has 0 aliphatic rings. The largest absolute Gasteiger partial charge is 0.494 e. The van der Waals surface area contributed by atoms with E-state index in [1.54, 1.807) is 11.0 Å². The molecule has 0 unspecified atom stereocenters. The van der Waals surface area contributed by atoms with Gasteiger partial charge in [-0.25, -0.2) is 9.37 Å². The number of benzene rings is 2. The van der Waals surface area contributed by atoms with Crippen molar-refractivity contribution in [1.82, 2.24) is 14.5 Å². The molecular formula is C23H27ClFN3O2. The number of halogens is 2. The summed E-state index contributed by atoms with van der Waals surface area (Å²) < 4.78 is 21.3. The van der Waals surface area contributed by atoms with Gasteiger partial charge in [0.05, 0.1) is 24.7 Å². The van der Waals surface area contributed by atoms with Crippen molar-refractivity contribution in [3.05, 3.63) is 58.6 Å². The molecule has 0 radical (unpaired) electrons. The molecule has 1 amide bonds. The van der Waals surface area contributed by atoms with Crippen LogP contribution in [-0.2, 0) is 13.1 Å². The summed E-state index contributed by atoms with van der Waals surface area (Å²) in [5, 5.41) is 0.648. The Morgan fingerprint density at radius 1 is 1.27 bits per heavy atom. The summed E-state index contributed by atoms with van der Waals surface area (Å²) in [6.45, 7) is 7.82. The minimum atomic E-state index is -0.555. The van der Waals surface area contributed by atoms with Crippen LogP contribution in [-0.4, -0.2) is 34.0 Å². The average Bonchev–Trinajstić information content (AvgIpc) is 3.03. The smallest absolute Gasteiger partial charge is 0.254 e. The predicted octanol–water partition coefficient (Wildman–Crippen LogP) is 5.55. The third-order valence-electron chi connectivity index (χ3n) is 4.84. The van der Waals surface area contributed by atoms with Gasteiger partial charge in [0.2, 0.25) is 0 Å². The van der Waals surface area contributed by atoms with Crippen molar-refractivity contribution in [2.75, 3.05) is 13.7 Å². The van der Waals surface area contributed by atoms with Crippen molar-refractivity contribution in [2.24, 2.45) is 5.92 Å². The molecule has 30 heavy (non-hydrogen) atoms. The fourth-order valence-electron chi connectivity index (χ4n) is 3.55. The maximum Gasteiger partial charge on any atom is 0.254 e. The summed E-state index contributed by atoms with van der Waals surface area (Å²) in [5.41, 5.74) is 2.08. The Labute approximate surface area is 181 Å². The van der Waals surface area contributed by atoms with Gasteiger partial charge in [-0.3, -0.25) is 4.79 Å². The number of aromatic nitrogens is 2. The highest BCUT2D eigenvalue weighted by Crippen LogP contribution is 2.24. The van der Waals surface area contributed by atoms with Gasteiger partial charge in [-0.2, -0.15) is 0 Å². The molecule has 0 saturated heterocycles. The minimum Gasteiger partial charge on any atom is -0.494 e. The molecule has 1 heterocycles. The van der Waals surface area contributed by atoms with Crippen molar-refractivity contribution >= 4 is 28.5 Å². The van der Waals surface area contributed by atoms with E-state index in [9.17, 15) is 9.18 Å². The third kappa shape index (κ3) is 4.75. The summed E-state index contributed by atoms with van der Waals surface area (Å²) in [6.07, 6.45) is 0.923. The molecule has 0 fully saturated rings. The van der Waals surface area contributed by atoms with Crippen molar-refractivity contribution in [3.63, 3.8) is 0 Å². The summed E-state index contributed by atoms with van der Waals surface area (Å²) in [7, 11) is 1.40. The molecule has 7 heteroatoms. The summed E-state index contributed by atoms with van der Waals surface area (Å²) >= 11 is 6.19. The van der Waals surface area contributed by atoms with E-state index in [4.69, 9.17) is 21.3 Å². The zero-order valence-corrected chi connectivity index (χ0v) is 18.5. The molecule has 0 saturated carbocycles. The fraction of sp³-hybridized carbons (Fsp3) is 0.391. The maximum absolute atomic E-state index is 14.2. The Bertz CT molecular complexity index is 1050. The molecule has 2 aromatic carbocycles. The van der Waals surface area contributed by atoms with Crippen LogP contribution in [0.25, 0.3) is 11.0 Å². The Morgan fingerprint density at radius 2 is 2.03 bits per heavy atom. The van der Waals surface area contributed by atoms with Gasteiger partial charge in [0.1, 0.15) is 5.82 Å². The second-order valence-corrected chi connectivity index (χ2v) is 8.18. The molecule has 0 spiro atoms. The molecule has 3 aromatic rings. The Balaban J connectivity index is 1.98. The van der Waals surface area contributed by atoms with Gasteiger partial charge in [-0.1, -0.05) is 32.4 Å². The molecule has 0 atom stereocenters. The number of rotatable bonds is 8. The lowest BCUT2D eigenvalue weighted by Gasteiger charge is -2.25. The van der Waals surface area contributed by atoms with Crippen molar-refractivity contribution in [3.8, 4) is 5.75 Å². The number of ether oxygens (including phenoxy) is 1. The topological polar surface area (TPSA) is 47.4 Å². The average molecular weight is 432 g/mol. The van der Waals surface area contributed by atoms with Gasteiger partial charge < -0.3 is 14.2 Å². The van der Waals surface area contributed by atoms with Gasteiger partial charge >= 0.3 is 0 Å². The molecule has 5 nitrogen and oxygen atoms in total. The summed E-state index contributed by atoms with van der Waals surface area (Å²) in [4.78, 5) is 19.7. The highest BCUT2D eigenvalue weighted by Gasteiger charge is 2.22. The van der Waals surface area contributed by atoms with E-state index in [2.05, 4.69) is 11.5 Å². The van der Waals surface area contributed by atoms with E-state index in [0.717, 1.165) is 29.8 Å². The molecule has 160 valence electrons. The van der Waals surface area contributed by atoms with Crippen LogP contribution in [0.1, 0.15) is 43.4 Å². The number of methoxy groups -OCH3 is 1. The predicted molar refractivity (Wildman–Crippen MR) is 118 cm³/mol. The molecule has 0 aliphatic carbocycles. The number of amides is 1. The van der Waals surface area contributed by atoms with Gasteiger partial charge in [0.25, 0.3) is 5.91 Å². The quantitative estimate of drug-likeness (QED) is 0.470. The molecular weight excluding hydrogens is 405 g/mol. The fourth-order valence-corrected chi connectivity index (χ4v) is 3.72. The van der Waals surface area contributed by atoms with E-state index >= 15 is 0 Å². The first-order valence-corrected chi connectivity index (χ1v) is 10.5. The van der Waals surface area contributed by atoms with Gasteiger partial charge in [-0.15, -0.1) is 0 Å². The minimum absolute atomic E-state index is 0.114. The zero-order chi connectivity index (χ0) is 21.8. The molecule has 0 bridgehead atoms. The lowest BCUT2D eigenvalue weighted by molar-refractivity contribution is 0.0715. The summed E-state index contributed by atoms with van der Waals surface area (Å²) in [5.74, 6) is 0.357. The number of nitrogens with zero attached hydrogens (tertiary/aromatic N) is 3. The van der Waals surface area contributed by atoms with Crippen LogP contribution in [0, 0.1) is 11.7 Å². The Hall–Kier alpha value is -2.60. The van der Waals surface area contributed by atoms with Crippen LogP contribution in [0.15, 0.2) is 36.4 Å². The van der Waals surface area contributed by atoms with Crippen LogP contribution >= 0.6 is 11.6 Å². The number of hydrogen-bond donors (Lipinski definition) is 0. The van der Waals surface area contributed by atoms with Gasteiger partial charge in [0.15, 0.2) is 11.6 Å². The first-order valence-electron chi connectivity index (χ1n) is 10.1. The van der Waals surface area contributed by atoms with E-state index in [1.807, 2.05) is 32.0 Å². The highest BCUT2D eigenvalue weighted by atomic mass is 35.5. The van der Waals surface area contributed by atoms with Crippen molar-refractivity contribution < 1.29 is 13.9 Å². The second-order valence-electron chi connectivity index (χ2n) is 7.74. The van der Waals surface area contributed by atoms with E-state index < -0.39 is 5.82 Å². The van der Waals surface area contributed by atoms with Crippen LogP contribution in [0.3, 0.4) is 0 Å². The normalized spacial score (nSPS) is 11.3. The van der Waals surface area contributed by atoms with Gasteiger partial charge in [-0.05, 0) is 48.7 Å². The SMILES string of the molecule is CCCn1c(CN(CC(C)C)C(=O)c2ccc(OC)c(F)c2)nc2ccc(Cl)cc21. The Kier molecular flexibility index (Phi) is 6.98. The number of imidazole rings is 1. The monoisotopic (exact) mass is 431 g/mol. The first kappa shape index (κ1) is 22.1. The maximum atomic E-state index is 14.2. The lowest BCUT2D eigenvalue weighted by Crippen LogP contribution is -2.34. The number of carbonyl (C=O) groups excluding carboxylic acids is 1. The van der Waals surface area contributed by atoms with Crippen molar-refractivity contribution in [1.29, 1.82) is 0 Å². The zero-order valence-electron chi connectivity index (χ0n) is 17.8. The second kappa shape index (κ2) is 9.47. The van der Waals surface area contributed by atoms with E-state index in [1.165, 1.54) is 19.2 Å².